The summed E-state index contributed by atoms with van der Waals surface area (Å²) in [5.41, 5.74) is 0. The number of aliphatic hydroxyl groups excluding tert-OH is 1. The zero-order chi connectivity index (χ0) is 19.8. The Morgan fingerprint density at radius 2 is 0.963 bits per heavy atom. The molecule has 0 fully saturated rings. The lowest BCUT2D eigenvalue weighted by atomic mass is 10.1. The Kier molecular flexibility index (Phi) is 22.0. The first kappa shape index (κ1) is 25.9. The fraction of sp³-hybridized carbons (Fsp3) is 0.792. The zero-order valence-electron chi connectivity index (χ0n) is 17.5. The standard InChI is InChI=1S/C24H44O3/c25-23-21-19-17-15-13-11-9-7-5-3-1-2-4-6-8-10-12-14-16-18-20-22-24(26)27/h1-2,5,7,25H,3-4,6,8-23H2,(H,26,27). The van der Waals surface area contributed by atoms with Crippen LogP contribution in [0.15, 0.2) is 24.3 Å². The van der Waals surface area contributed by atoms with Crippen LogP contribution in [0.2, 0.25) is 0 Å². The molecule has 0 bridgehead atoms. The number of hydrogen-bond acceptors (Lipinski definition) is 2. The van der Waals surface area contributed by atoms with Crippen LogP contribution in [0.3, 0.4) is 0 Å². The highest BCUT2D eigenvalue weighted by Gasteiger charge is 1.96. The van der Waals surface area contributed by atoms with Crippen molar-refractivity contribution in [1.82, 2.24) is 0 Å². The Balaban J connectivity index is 3.17. The SMILES string of the molecule is O=C(O)CCCCCCCCCCC=CCC=CCCCCCCCCO. The third-order valence-electron chi connectivity index (χ3n) is 4.90. The van der Waals surface area contributed by atoms with Gasteiger partial charge in [-0.1, -0.05) is 88.5 Å². The van der Waals surface area contributed by atoms with Gasteiger partial charge in [-0.15, -0.1) is 0 Å². The number of aliphatic hydroxyl groups is 1. The van der Waals surface area contributed by atoms with Crippen molar-refractivity contribution in [2.45, 2.75) is 116 Å². The molecule has 0 amide bonds. The summed E-state index contributed by atoms with van der Waals surface area (Å²) in [7, 11) is 0. The van der Waals surface area contributed by atoms with Crippen LogP contribution in [0.4, 0.5) is 0 Å². The Bertz CT molecular complexity index is 361. The van der Waals surface area contributed by atoms with E-state index in [1.54, 1.807) is 0 Å². The molecular formula is C24H44O3. The molecule has 3 heteroatoms. The van der Waals surface area contributed by atoms with E-state index >= 15 is 0 Å². The van der Waals surface area contributed by atoms with Gasteiger partial charge in [0.05, 0.1) is 0 Å². The molecule has 0 aliphatic carbocycles. The van der Waals surface area contributed by atoms with Gasteiger partial charge >= 0.3 is 5.97 Å². The Hall–Kier alpha value is -1.09. The van der Waals surface area contributed by atoms with Crippen molar-refractivity contribution in [1.29, 1.82) is 0 Å². The van der Waals surface area contributed by atoms with Crippen LogP contribution in [0.5, 0.6) is 0 Å². The molecular weight excluding hydrogens is 336 g/mol. The number of carboxylic acid groups (broad SMARTS) is 1. The van der Waals surface area contributed by atoms with E-state index < -0.39 is 5.97 Å². The molecule has 0 unspecified atom stereocenters. The van der Waals surface area contributed by atoms with Gasteiger partial charge in [0.1, 0.15) is 0 Å². The van der Waals surface area contributed by atoms with Gasteiger partial charge in [-0.05, 0) is 44.9 Å². The van der Waals surface area contributed by atoms with Crippen LogP contribution in [0, 0.1) is 0 Å². The van der Waals surface area contributed by atoms with Crippen LogP contribution in [-0.4, -0.2) is 22.8 Å². The topological polar surface area (TPSA) is 57.5 Å². The van der Waals surface area contributed by atoms with Crippen molar-refractivity contribution in [3.63, 3.8) is 0 Å². The van der Waals surface area contributed by atoms with Gasteiger partial charge in [-0.2, -0.15) is 0 Å². The summed E-state index contributed by atoms with van der Waals surface area (Å²) in [6.45, 7) is 0.341. The molecule has 0 aliphatic rings. The second-order valence-corrected chi connectivity index (χ2v) is 7.57. The number of rotatable bonds is 21. The fourth-order valence-electron chi connectivity index (χ4n) is 3.19. The van der Waals surface area contributed by atoms with E-state index in [1.807, 2.05) is 0 Å². The van der Waals surface area contributed by atoms with Crippen LogP contribution in [0.25, 0.3) is 0 Å². The Morgan fingerprint density at radius 1 is 0.556 bits per heavy atom. The van der Waals surface area contributed by atoms with Gasteiger partial charge in [0.2, 0.25) is 0 Å². The number of allylic oxidation sites excluding steroid dienone is 4. The average Bonchev–Trinajstić information content (AvgIpc) is 2.65. The largest absolute Gasteiger partial charge is 0.481 e. The van der Waals surface area contributed by atoms with E-state index in [0.29, 0.717) is 13.0 Å². The maximum Gasteiger partial charge on any atom is 0.303 e. The molecule has 0 aliphatic heterocycles. The number of carbonyl (C=O) groups is 1. The fourth-order valence-corrected chi connectivity index (χ4v) is 3.19. The second-order valence-electron chi connectivity index (χ2n) is 7.57. The van der Waals surface area contributed by atoms with Crippen LogP contribution in [0.1, 0.15) is 116 Å². The number of carboxylic acids is 1. The Labute approximate surface area is 168 Å². The highest BCUT2D eigenvalue weighted by molar-refractivity contribution is 5.66. The van der Waals surface area contributed by atoms with Gasteiger partial charge in [-0.25, -0.2) is 0 Å². The van der Waals surface area contributed by atoms with Crippen LogP contribution >= 0.6 is 0 Å². The van der Waals surface area contributed by atoms with E-state index in [9.17, 15) is 4.79 Å². The summed E-state index contributed by atoms with van der Waals surface area (Å²) in [5.74, 6) is -0.667. The van der Waals surface area contributed by atoms with E-state index in [-0.39, 0.29) is 0 Å². The summed E-state index contributed by atoms with van der Waals surface area (Å²) in [6.07, 6.45) is 29.8. The minimum absolute atomic E-state index is 0.327. The first-order valence-electron chi connectivity index (χ1n) is 11.4. The molecule has 158 valence electrons. The smallest absolute Gasteiger partial charge is 0.303 e. The molecule has 0 aromatic heterocycles. The lowest BCUT2D eigenvalue weighted by molar-refractivity contribution is -0.137. The normalized spacial score (nSPS) is 11.7. The molecule has 0 rings (SSSR count). The monoisotopic (exact) mass is 380 g/mol. The average molecular weight is 381 g/mol. The second kappa shape index (κ2) is 23.0. The molecule has 0 saturated carbocycles. The van der Waals surface area contributed by atoms with Crippen molar-refractivity contribution in [2.24, 2.45) is 0 Å². The van der Waals surface area contributed by atoms with E-state index in [0.717, 1.165) is 25.7 Å². The zero-order valence-corrected chi connectivity index (χ0v) is 17.5. The molecule has 0 heterocycles. The van der Waals surface area contributed by atoms with Crippen molar-refractivity contribution >= 4 is 5.97 Å². The molecule has 27 heavy (non-hydrogen) atoms. The minimum atomic E-state index is -0.667. The van der Waals surface area contributed by atoms with Crippen LogP contribution < -0.4 is 0 Å². The highest BCUT2D eigenvalue weighted by atomic mass is 16.4. The van der Waals surface area contributed by atoms with Crippen molar-refractivity contribution in [3.05, 3.63) is 24.3 Å². The van der Waals surface area contributed by atoms with E-state index in [1.165, 1.54) is 83.5 Å². The maximum atomic E-state index is 10.4. The quantitative estimate of drug-likeness (QED) is 0.163. The predicted molar refractivity (Wildman–Crippen MR) is 116 cm³/mol. The summed E-state index contributed by atoms with van der Waals surface area (Å²) >= 11 is 0. The van der Waals surface area contributed by atoms with E-state index in [2.05, 4.69) is 24.3 Å². The van der Waals surface area contributed by atoms with Gasteiger partial charge in [-0.3, -0.25) is 4.79 Å². The third kappa shape index (κ3) is 24.9. The number of hydrogen-bond donors (Lipinski definition) is 2. The molecule has 0 atom stereocenters. The molecule has 2 N–H and O–H groups in total. The molecule has 0 saturated heterocycles. The van der Waals surface area contributed by atoms with Gasteiger partial charge in [0.25, 0.3) is 0 Å². The summed E-state index contributed by atoms with van der Waals surface area (Å²) in [5, 5.41) is 17.3. The third-order valence-corrected chi connectivity index (χ3v) is 4.90. The van der Waals surface area contributed by atoms with Crippen molar-refractivity contribution in [2.75, 3.05) is 6.61 Å². The molecule has 3 nitrogen and oxygen atoms in total. The van der Waals surface area contributed by atoms with E-state index in [4.69, 9.17) is 10.2 Å². The lowest BCUT2D eigenvalue weighted by Gasteiger charge is -2.00. The van der Waals surface area contributed by atoms with Crippen molar-refractivity contribution in [3.8, 4) is 0 Å². The first-order chi connectivity index (χ1) is 13.3. The Morgan fingerprint density at radius 3 is 1.41 bits per heavy atom. The summed E-state index contributed by atoms with van der Waals surface area (Å²) in [4.78, 5) is 10.4. The van der Waals surface area contributed by atoms with Crippen LogP contribution in [-0.2, 0) is 4.79 Å². The van der Waals surface area contributed by atoms with Crippen molar-refractivity contribution < 1.29 is 15.0 Å². The lowest BCUT2D eigenvalue weighted by Crippen LogP contribution is -1.93. The maximum absolute atomic E-state index is 10.4. The number of unbranched alkanes of at least 4 members (excludes halogenated alkanes) is 14. The first-order valence-corrected chi connectivity index (χ1v) is 11.4. The van der Waals surface area contributed by atoms with Gasteiger partial charge in [0, 0.05) is 13.0 Å². The minimum Gasteiger partial charge on any atom is -0.481 e. The highest BCUT2D eigenvalue weighted by Crippen LogP contribution is 2.11. The molecule has 0 aromatic carbocycles. The molecule has 0 aromatic rings. The summed E-state index contributed by atoms with van der Waals surface area (Å²) < 4.78 is 0. The number of aliphatic carboxylic acids is 1. The summed E-state index contributed by atoms with van der Waals surface area (Å²) in [6, 6.07) is 0. The molecule has 0 radical (unpaired) electrons. The van der Waals surface area contributed by atoms with Gasteiger partial charge in [0.15, 0.2) is 0 Å². The predicted octanol–water partition coefficient (Wildman–Crippen LogP) is 7.20. The van der Waals surface area contributed by atoms with Gasteiger partial charge < -0.3 is 10.2 Å². The molecule has 0 spiro atoms.